The Balaban J connectivity index is 2.84. The number of carbonyl (C=O) groups excluding carboxylic acids is 1. The Morgan fingerprint density at radius 2 is 2.31 bits per heavy atom. The van der Waals surface area contributed by atoms with Gasteiger partial charge in [0.1, 0.15) is 10.9 Å². The summed E-state index contributed by atoms with van der Waals surface area (Å²) in [6.45, 7) is 1.36. The van der Waals surface area contributed by atoms with Gasteiger partial charge in [0.15, 0.2) is 5.78 Å². The molecule has 0 spiro atoms. The van der Waals surface area contributed by atoms with Crippen molar-refractivity contribution in [2.75, 3.05) is 12.4 Å². The van der Waals surface area contributed by atoms with Gasteiger partial charge in [-0.3, -0.25) is 14.9 Å². The van der Waals surface area contributed by atoms with Crippen molar-refractivity contribution in [1.29, 1.82) is 0 Å². The van der Waals surface area contributed by atoms with Crippen molar-refractivity contribution >= 4 is 23.5 Å². The number of carbonyl (C=O) groups is 2. The molecule has 2 unspecified atom stereocenters. The normalized spacial score (nSPS) is 31.3. The average Bonchev–Trinajstić information content (AvgIpc) is 2.63. The smallest absolute Gasteiger partial charge is 0.321 e. The summed E-state index contributed by atoms with van der Waals surface area (Å²) in [5.41, 5.74) is 5.52. The summed E-state index contributed by atoms with van der Waals surface area (Å²) in [5.74, 6) is -0.964. The second-order valence-corrected chi connectivity index (χ2v) is 5.12. The first kappa shape index (κ1) is 13.4. The minimum atomic E-state index is -1.05. The van der Waals surface area contributed by atoms with Crippen LogP contribution in [0.15, 0.2) is 0 Å². The van der Waals surface area contributed by atoms with E-state index in [0.717, 1.165) is 0 Å². The fraction of sp³-hybridized carbons (Fsp3) is 0.778. The van der Waals surface area contributed by atoms with E-state index in [1.165, 1.54) is 11.8 Å². The Hall–Kier alpha value is -0.630. The van der Waals surface area contributed by atoms with Gasteiger partial charge in [0.2, 0.25) is 0 Å². The van der Waals surface area contributed by atoms with Gasteiger partial charge in [0.05, 0.1) is 6.04 Å². The molecule has 1 rings (SSSR count). The maximum absolute atomic E-state index is 11.9. The summed E-state index contributed by atoms with van der Waals surface area (Å²) >= 11 is 1.21. The van der Waals surface area contributed by atoms with Gasteiger partial charge >= 0.3 is 5.97 Å². The van der Waals surface area contributed by atoms with Crippen LogP contribution in [0, 0.1) is 0 Å². The minimum absolute atomic E-state index is 0.168. The van der Waals surface area contributed by atoms with Gasteiger partial charge in [-0.05, 0) is 6.92 Å². The van der Waals surface area contributed by atoms with Crippen LogP contribution in [0.1, 0.15) is 13.3 Å². The van der Waals surface area contributed by atoms with E-state index in [2.05, 4.69) is 5.32 Å². The van der Waals surface area contributed by atoms with E-state index in [4.69, 9.17) is 15.9 Å². The van der Waals surface area contributed by atoms with Crippen LogP contribution in [0.3, 0.4) is 0 Å². The lowest BCUT2D eigenvalue weighted by Crippen LogP contribution is -2.55. The number of hydrogen-bond donors (Lipinski definition) is 4. The Morgan fingerprint density at radius 3 is 2.69 bits per heavy atom. The summed E-state index contributed by atoms with van der Waals surface area (Å²) in [6, 6.07) is -1.45. The molecule has 1 aliphatic heterocycles. The van der Waals surface area contributed by atoms with Crippen LogP contribution in [-0.2, 0) is 9.59 Å². The zero-order valence-electron chi connectivity index (χ0n) is 8.97. The number of aliphatic hydroxyl groups excluding tert-OH is 1. The van der Waals surface area contributed by atoms with Crippen molar-refractivity contribution in [3.63, 3.8) is 0 Å². The molecule has 1 heterocycles. The van der Waals surface area contributed by atoms with E-state index >= 15 is 0 Å². The Morgan fingerprint density at radius 1 is 1.69 bits per heavy atom. The summed E-state index contributed by atoms with van der Waals surface area (Å²) in [5, 5.41) is 20.6. The standard InChI is InChI=1S/C9H16N2O4S/c1-5(10)7(13)9(2-3-12)11-6(4-16-9)8(14)15/h5-6,11-12H,2-4,10H2,1H3,(H,14,15)/t5-,6?,9?/m0/s1. The van der Waals surface area contributed by atoms with Crippen LogP contribution in [-0.4, -0.2) is 51.3 Å². The highest BCUT2D eigenvalue weighted by atomic mass is 32.2. The second-order valence-electron chi connectivity index (χ2n) is 3.80. The molecule has 92 valence electrons. The lowest BCUT2D eigenvalue weighted by Gasteiger charge is -2.28. The lowest BCUT2D eigenvalue weighted by atomic mass is 10.0. The van der Waals surface area contributed by atoms with E-state index < -0.39 is 22.9 Å². The van der Waals surface area contributed by atoms with Crippen molar-refractivity contribution in [2.24, 2.45) is 5.73 Å². The molecule has 0 radical (unpaired) electrons. The van der Waals surface area contributed by atoms with E-state index in [1.54, 1.807) is 6.92 Å². The first-order valence-electron chi connectivity index (χ1n) is 4.98. The maximum atomic E-state index is 11.9. The molecule has 1 fully saturated rings. The second kappa shape index (κ2) is 5.13. The van der Waals surface area contributed by atoms with Crippen LogP contribution < -0.4 is 11.1 Å². The van der Waals surface area contributed by atoms with Crippen molar-refractivity contribution < 1.29 is 19.8 Å². The Bertz CT molecular complexity index is 297. The SMILES string of the molecule is C[C@H](N)C(=O)C1(CCO)NC(C(=O)O)CS1. The molecule has 16 heavy (non-hydrogen) atoms. The van der Waals surface area contributed by atoms with Gasteiger partial charge < -0.3 is 15.9 Å². The van der Waals surface area contributed by atoms with E-state index in [1.807, 2.05) is 0 Å². The molecular formula is C9H16N2O4S. The zero-order valence-corrected chi connectivity index (χ0v) is 9.79. The van der Waals surface area contributed by atoms with Gasteiger partial charge in [0.25, 0.3) is 0 Å². The van der Waals surface area contributed by atoms with E-state index in [-0.39, 0.29) is 18.8 Å². The summed E-state index contributed by atoms with van der Waals surface area (Å²) < 4.78 is 0. The Kier molecular flexibility index (Phi) is 4.31. The lowest BCUT2D eigenvalue weighted by molar-refractivity contribution is -0.139. The van der Waals surface area contributed by atoms with Crippen molar-refractivity contribution in [3.8, 4) is 0 Å². The third kappa shape index (κ3) is 2.54. The first-order valence-corrected chi connectivity index (χ1v) is 5.96. The van der Waals surface area contributed by atoms with Crippen LogP contribution in [0.2, 0.25) is 0 Å². The zero-order chi connectivity index (χ0) is 12.3. The summed E-state index contributed by atoms with van der Waals surface area (Å²) in [6.07, 6.45) is 0.168. The quantitative estimate of drug-likeness (QED) is 0.482. The van der Waals surface area contributed by atoms with E-state index in [0.29, 0.717) is 5.75 Å². The third-order valence-corrected chi connectivity index (χ3v) is 3.99. The molecule has 5 N–H and O–H groups in total. The topological polar surface area (TPSA) is 113 Å². The van der Waals surface area contributed by atoms with Gasteiger partial charge in [0, 0.05) is 18.8 Å². The number of ketones is 1. The predicted molar refractivity (Wildman–Crippen MR) is 60.1 cm³/mol. The predicted octanol–water partition coefficient (Wildman–Crippen LogP) is -1.23. The van der Waals surface area contributed by atoms with Gasteiger partial charge in [-0.2, -0.15) is 0 Å². The minimum Gasteiger partial charge on any atom is -0.480 e. The van der Waals surface area contributed by atoms with Gasteiger partial charge in [-0.1, -0.05) is 0 Å². The number of thioether (sulfide) groups is 1. The first-order chi connectivity index (χ1) is 7.43. The number of nitrogens with two attached hydrogens (primary N) is 1. The maximum Gasteiger partial charge on any atom is 0.321 e. The highest BCUT2D eigenvalue weighted by Gasteiger charge is 2.47. The molecule has 0 saturated carbocycles. The molecule has 0 amide bonds. The number of Topliss-reactive ketones (excluding diaryl/α,β-unsaturated/α-hetero) is 1. The largest absolute Gasteiger partial charge is 0.480 e. The van der Waals surface area contributed by atoms with Gasteiger partial charge in [-0.25, -0.2) is 0 Å². The van der Waals surface area contributed by atoms with E-state index in [9.17, 15) is 9.59 Å². The highest BCUT2D eigenvalue weighted by Crippen LogP contribution is 2.35. The number of aliphatic carboxylic acids is 1. The third-order valence-electron chi connectivity index (χ3n) is 2.48. The molecule has 0 bridgehead atoms. The number of nitrogens with one attached hydrogen (secondary N) is 1. The fourth-order valence-electron chi connectivity index (χ4n) is 1.66. The molecule has 1 aliphatic rings. The van der Waals surface area contributed by atoms with Crippen molar-refractivity contribution in [1.82, 2.24) is 5.32 Å². The number of hydrogen-bond acceptors (Lipinski definition) is 6. The van der Waals surface area contributed by atoms with Crippen LogP contribution in [0.25, 0.3) is 0 Å². The number of carboxylic acid groups (broad SMARTS) is 1. The molecule has 0 aliphatic carbocycles. The fourth-order valence-corrected chi connectivity index (χ4v) is 3.12. The molecule has 0 aromatic heterocycles. The molecule has 1 saturated heterocycles. The summed E-state index contributed by atoms with van der Waals surface area (Å²) in [4.78, 5) is 21.7. The molecule has 6 nitrogen and oxygen atoms in total. The molecule has 0 aromatic rings. The molecule has 3 atom stereocenters. The number of rotatable bonds is 5. The van der Waals surface area contributed by atoms with Crippen molar-refractivity contribution in [2.45, 2.75) is 30.3 Å². The monoisotopic (exact) mass is 248 g/mol. The summed E-state index contributed by atoms with van der Waals surface area (Å²) in [7, 11) is 0. The number of carboxylic acids is 1. The molecule has 0 aromatic carbocycles. The van der Waals surface area contributed by atoms with Crippen LogP contribution in [0.5, 0.6) is 0 Å². The van der Waals surface area contributed by atoms with Gasteiger partial charge in [-0.15, -0.1) is 11.8 Å². The highest BCUT2D eigenvalue weighted by molar-refractivity contribution is 8.01. The number of aliphatic hydroxyl groups is 1. The average molecular weight is 248 g/mol. The Labute approximate surface area is 97.6 Å². The molecular weight excluding hydrogens is 232 g/mol. The van der Waals surface area contributed by atoms with Crippen LogP contribution in [0.4, 0.5) is 0 Å². The molecule has 7 heteroatoms. The van der Waals surface area contributed by atoms with Crippen molar-refractivity contribution in [3.05, 3.63) is 0 Å². The van der Waals surface area contributed by atoms with Crippen LogP contribution >= 0.6 is 11.8 Å².